The zero-order valence-corrected chi connectivity index (χ0v) is 7.34. The first-order valence-corrected chi connectivity index (χ1v) is 3.74. The molecule has 6 heteroatoms. The number of rotatable bonds is 6. The summed E-state index contributed by atoms with van der Waals surface area (Å²) in [5, 5.41) is 27.5. The molecule has 0 spiro atoms. The number of ether oxygens (including phenoxy) is 1. The average Bonchev–Trinajstić information content (AvgIpc) is 2.01. The summed E-state index contributed by atoms with van der Waals surface area (Å²) >= 11 is 0. The van der Waals surface area contributed by atoms with Gasteiger partial charge in [-0.2, -0.15) is 0 Å². The lowest BCUT2D eigenvalue weighted by atomic mass is 10.1. The summed E-state index contributed by atoms with van der Waals surface area (Å²) in [6.07, 6.45) is 0. The van der Waals surface area contributed by atoms with Crippen molar-refractivity contribution >= 4 is 0 Å². The Morgan fingerprint density at radius 2 is 2.31 bits per heavy atom. The quantitative estimate of drug-likeness (QED) is 0.358. The van der Waals surface area contributed by atoms with Gasteiger partial charge >= 0.3 is 0 Å². The van der Waals surface area contributed by atoms with Crippen molar-refractivity contribution in [2.24, 2.45) is 5.92 Å². The second-order valence-electron chi connectivity index (χ2n) is 2.72. The van der Waals surface area contributed by atoms with Gasteiger partial charge in [-0.05, 0) is 6.58 Å². The molecule has 0 rings (SSSR count). The molecule has 0 unspecified atom stereocenters. The third-order valence-corrected chi connectivity index (χ3v) is 1.63. The Hall–Kier alpha value is -1.30. The predicted octanol–water partition coefficient (Wildman–Crippen LogP) is 0.306. The normalized spacial score (nSPS) is 14.6. The van der Waals surface area contributed by atoms with E-state index in [0.717, 1.165) is 0 Å². The van der Waals surface area contributed by atoms with E-state index in [0.29, 0.717) is 0 Å². The zero-order chi connectivity index (χ0) is 10.4. The molecule has 0 aliphatic carbocycles. The van der Waals surface area contributed by atoms with E-state index in [-0.39, 0.29) is 6.61 Å². The molecule has 0 aromatic heterocycles. The molecule has 0 aromatic carbocycles. The first-order valence-electron chi connectivity index (χ1n) is 3.74. The van der Waals surface area contributed by atoms with Gasteiger partial charge in [0, 0.05) is 4.92 Å². The van der Waals surface area contributed by atoms with Gasteiger partial charge in [-0.15, -0.1) is 0 Å². The van der Waals surface area contributed by atoms with Crippen molar-refractivity contribution in [3.05, 3.63) is 22.6 Å². The van der Waals surface area contributed by atoms with Crippen LogP contribution in [0.25, 0.3) is 0 Å². The lowest BCUT2D eigenvalue weighted by Crippen LogP contribution is -2.33. The molecule has 0 radical (unpaired) electrons. The minimum atomic E-state index is -1.07. The van der Waals surface area contributed by atoms with Crippen molar-refractivity contribution < 1.29 is 19.9 Å². The lowest BCUT2D eigenvalue weighted by molar-refractivity contribution is -0.535. The molecule has 0 bridgehead atoms. The molecule has 0 aliphatic heterocycles. The molecule has 0 aromatic rings. The molecule has 13 heavy (non-hydrogen) atoms. The van der Waals surface area contributed by atoms with Crippen molar-refractivity contribution in [3.8, 4) is 0 Å². The summed E-state index contributed by atoms with van der Waals surface area (Å²) < 4.78 is 4.58. The summed E-state index contributed by atoms with van der Waals surface area (Å²) in [4.78, 5) is 9.75. The Bertz CT molecular complexity index is 193. The van der Waals surface area contributed by atoms with Crippen molar-refractivity contribution in [2.45, 2.75) is 13.0 Å². The summed E-state index contributed by atoms with van der Waals surface area (Å²) in [5.74, 6) is -0.962. The smallest absolute Gasteiger partial charge is 0.269 e. The van der Waals surface area contributed by atoms with E-state index in [1.54, 1.807) is 6.92 Å². The SMILES string of the molecule is C=C(O)OC[C@H](C)[C@H](CO)[N+](=O)[O-]. The van der Waals surface area contributed by atoms with Gasteiger partial charge in [0.1, 0.15) is 13.2 Å². The fourth-order valence-corrected chi connectivity index (χ4v) is 0.793. The van der Waals surface area contributed by atoms with Crippen LogP contribution in [-0.4, -0.2) is 34.4 Å². The molecule has 76 valence electrons. The maximum absolute atomic E-state index is 10.3. The van der Waals surface area contributed by atoms with E-state index in [4.69, 9.17) is 10.2 Å². The van der Waals surface area contributed by atoms with E-state index >= 15 is 0 Å². The van der Waals surface area contributed by atoms with Crippen LogP contribution in [0.2, 0.25) is 0 Å². The molecule has 0 heterocycles. The lowest BCUT2D eigenvalue weighted by Gasteiger charge is -2.14. The monoisotopic (exact) mass is 191 g/mol. The van der Waals surface area contributed by atoms with Crippen LogP contribution in [0.5, 0.6) is 0 Å². The third kappa shape index (κ3) is 4.32. The number of nitrogens with zero attached hydrogens (tertiary/aromatic N) is 1. The summed E-state index contributed by atoms with van der Waals surface area (Å²) in [5.41, 5.74) is 0. The van der Waals surface area contributed by atoms with E-state index in [9.17, 15) is 10.1 Å². The van der Waals surface area contributed by atoms with Gasteiger partial charge < -0.3 is 14.9 Å². The average molecular weight is 191 g/mol. The van der Waals surface area contributed by atoms with Crippen molar-refractivity contribution in [3.63, 3.8) is 0 Å². The fourth-order valence-electron chi connectivity index (χ4n) is 0.793. The Balaban J connectivity index is 3.98. The van der Waals surface area contributed by atoms with Gasteiger partial charge in [0.25, 0.3) is 5.95 Å². The van der Waals surface area contributed by atoms with Crippen LogP contribution in [0.1, 0.15) is 6.92 Å². The van der Waals surface area contributed by atoms with Crippen LogP contribution in [0.15, 0.2) is 12.5 Å². The highest BCUT2D eigenvalue weighted by atomic mass is 16.6. The van der Waals surface area contributed by atoms with Crippen LogP contribution in [0, 0.1) is 16.0 Å². The van der Waals surface area contributed by atoms with Gasteiger partial charge in [-0.3, -0.25) is 10.1 Å². The molecular formula is C7H13NO5. The summed E-state index contributed by atoms with van der Waals surface area (Å²) in [6, 6.07) is -1.07. The number of hydrogen-bond acceptors (Lipinski definition) is 5. The van der Waals surface area contributed by atoms with Gasteiger partial charge in [-0.1, -0.05) is 6.92 Å². The first-order chi connectivity index (χ1) is 5.99. The zero-order valence-electron chi connectivity index (χ0n) is 7.34. The highest BCUT2D eigenvalue weighted by Gasteiger charge is 2.27. The predicted molar refractivity (Wildman–Crippen MR) is 44.8 cm³/mol. The summed E-state index contributed by atoms with van der Waals surface area (Å²) in [6.45, 7) is 4.02. The van der Waals surface area contributed by atoms with E-state index in [2.05, 4.69) is 11.3 Å². The van der Waals surface area contributed by atoms with Crippen molar-refractivity contribution in [1.82, 2.24) is 0 Å². The molecule has 2 N–H and O–H groups in total. The third-order valence-electron chi connectivity index (χ3n) is 1.63. The Morgan fingerprint density at radius 3 is 2.62 bits per heavy atom. The Kier molecular flexibility index (Phi) is 4.83. The van der Waals surface area contributed by atoms with Gasteiger partial charge in [0.05, 0.1) is 5.92 Å². The first kappa shape index (κ1) is 11.7. The molecule has 0 saturated carbocycles. The largest absolute Gasteiger partial charge is 0.481 e. The number of aliphatic hydroxyl groups is 2. The maximum atomic E-state index is 10.3. The highest BCUT2D eigenvalue weighted by Crippen LogP contribution is 2.07. The summed E-state index contributed by atoms with van der Waals surface area (Å²) in [7, 11) is 0. The molecule has 0 fully saturated rings. The van der Waals surface area contributed by atoms with Crippen LogP contribution in [-0.2, 0) is 4.74 Å². The fraction of sp³-hybridized carbons (Fsp3) is 0.714. The van der Waals surface area contributed by atoms with E-state index in [1.807, 2.05) is 0 Å². The van der Waals surface area contributed by atoms with Crippen LogP contribution >= 0.6 is 0 Å². The van der Waals surface area contributed by atoms with E-state index in [1.165, 1.54) is 0 Å². The molecule has 0 saturated heterocycles. The molecule has 0 aliphatic rings. The second-order valence-corrected chi connectivity index (χ2v) is 2.72. The Labute approximate surface area is 75.6 Å². The highest BCUT2D eigenvalue weighted by molar-refractivity contribution is 4.68. The van der Waals surface area contributed by atoms with E-state index < -0.39 is 29.4 Å². The molecule has 6 nitrogen and oxygen atoms in total. The number of aliphatic hydroxyl groups excluding tert-OH is 2. The second kappa shape index (κ2) is 5.36. The van der Waals surface area contributed by atoms with Gasteiger partial charge in [-0.25, -0.2) is 0 Å². The van der Waals surface area contributed by atoms with Crippen LogP contribution in [0.3, 0.4) is 0 Å². The minimum absolute atomic E-state index is 0.0401. The Morgan fingerprint density at radius 1 is 1.77 bits per heavy atom. The topological polar surface area (TPSA) is 92.8 Å². The number of nitro groups is 1. The van der Waals surface area contributed by atoms with Crippen molar-refractivity contribution in [2.75, 3.05) is 13.2 Å². The minimum Gasteiger partial charge on any atom is -0.481 e. The van der Waals surface area contributed by atoms with Gasteiger partial charge in [0.15, 0.2) is 0 Å². The molecule has 0 amide bonds. The van der Waals surface area contributed by atoms with Crippen LogP contribution < -0.4 is 0 Å². The molecule has 2 atom stereocenters. The van der Waals surface area contributed by atoms with Gasteiger partial charge in [0.2, 0.25) is 6.04 Å². The number of hydrogen-bond donors (Lipinski definition) is 2. The maximum Gasteiger partial charge on any atom is 0.269 e. The molecular weight excluding hydrogens is 178 g/mol. The standard InChI is InChI=1S/C7H13NO5/c1-5(4-13-6(2)10)7(3-9)8(11)12/h5,7,9-10H,2-4H2,1H3/t5-,7-/m0/s1. The van der Waals surface area contributed by atoms with Crippen molar-refractivity contribution in [1.29, 1.82) is 0 Å². The van der Waals surface area contributed by atoms with Crippen LogP contribution in [0.4, 0.5) is 0 Å².